The molecule has 27 heavy (non-hydrogen) atoms. The summed E-state index contributed by atoms with van der Waals surface area (Å²) >= 11 is 5.96. The molecule has 4 nitrogen and oxygen atoms in total. The maximum Gasteiger partial charge on any atom is 0.229 e. The Bertz CT molecular complexity index is 966. The second-order valence-electron chi connectivity index (χ2n) is 5.87. The highest BCUT2D eigenvalue weighted by Crippen LogP contribution is 2.23. The first-order valence-electron chi connectivity index (χ1n) is 8.17. The first-order chi connectivity index (χ1) is 12.9. The van der Waals surface area contributed by atoms with Crippen LogP contribution in [-0.4, -0.2) is 16.5 Å². The summed E-state index contributed by atoms with van der Waals surface area (Å²) in [5.74, 6) is -3.53. The standard InChI is InChI=1S/C19H16ClF3N4/c1-11-9-16(24-8-7-12-3-2-4-13(20)10-12)27-19(25-11)26-15-6-5-14(21)17(22)18(15)23/h2-6,9-10H,7-8H2,1H3,(H2,24,25,26,27). The van der Waals surface area contributed by atoms with Crippen molar-refractivity contribution in [1.29, 1.82) is 0 Å². The molecule has 0 unspecified atom stereocenters. The lowest BCUT2D eigenvalue weighted by Gasteiger charge is -2.11. The second kappa shape index (κ2) is 8.26. The molecule has 1 heterocycles. The van der Waals surface area contributed by atoms with E-state index in [9.17, 15) is 13.2 Å². The molecule has 0 radical (unpaired) electrons. The molecule has 0 aliphatic heterocycles. The molecule has 3 rings (SSSR count). The van der Waals surface area contributed by atoms with Crippen molar-refractivity contribution in [3.63, 3.8) is 0 Å². The van der Waals surface area contributed by atoms with Gasteiger partial charge in [0.1, 0.15) is 5.82 Å². The van der Waals surface area contributed by atoms with Crippen molar-refractivity contribution in [2.24, 2.45) is 0 Å². The van der Waals surface area contributed by atoms with Crippen molar-refractivity contribution in [1.82, 2.24) is 9.97 Å². The van der Waals surface area contributed by atoms with Gasteiger partial charge in [0.05, 0.1) is 5.69 Å². The molecule has 0 aliphatic rings. The molecular formula is C19H16ClF3N4. The molecule has 1 aromatic heterocycles. The molecule has 0 spiro atoms. The maximum absolute atomic E-state index is 13.8. The van der Waals surface area contributed by atoms with Crippen molar-refractivity contribution in [2.75, 3.05) is 17.2 Å². The van der Waals surface area contributed by atoms with E-state index in [2.05, 4.69) is 20.6 Å². The third kappa shape index (κ3) is 4.89. The van der Waals surface area contributed by atoms with Crippen molar-refractivity contribution < 1.29 is 13.2 Å². The number of hydrogen-bond donors (Lipinski definition) is 2. The van der Waals surface area contributed by atoms with Crippen LogP contribution < -0.4 is 10.6 Å². The molecule has 2 aromatic carbocycles. The van der Waals surface area contributed by atoms with E-state index in [1.807, 2.05) is 24.3 Å². The van der Waals surface area contributed by atoms with Crippen LogP contribution in [0.3, 0.4) is 0 Å². The number of aromatic nitrogens is 2. The van der Waals surface area contributed by atoms with Crippen molar-refractivity contribution in [3.8, 4) is 0 Å². The quantitative estimate of drug-likeness (QED) is 0.562. The summed E-state index contributed by atoms with van der Waals surface area (Å²) in [5.41, 5.74) is 1.45. The second-order valence-corrected chi connectivity index (χ2v) is 6.31. The molecule has 0 saturated heterocycles. The van der Waals surface area contributed by atoms with Crippen LogP contribution in [0.2, 0.25) is 5.02 Å². The summed E-state index contributed by atoms with van der Waals surface area (Å²) in [7, 11) is 0. The van der Waals surface area contributed by atoms with Crippen LogP contribution in [0.25, 0.3) is 0 Å². The largest absolute Gasteiger partial charge is 0.370 e. The predicted octanol–water partition coefficient (Wildman–Crippen LogP) is 5.25. The van der Waals surface area contributed by atoms with Crippen LogP contribution in [0.5, 0.6) is 0 Å². The fourth-order valence-corrected chi connectivity index (χ4v) is 2.70. The lowest BCUT2D eigenvalue weighted by atomic mass is 10.1. The third-order valence-corrected chi connectivity index (χ3v) is 3.98. The van der Waals surface area contributed by atoms with E-state index < -0.39 is 17.5 Å². The van der Waals surface area contributed by atoms with Crippen LogP contribution in [0.4, 0.5) is 30.6 Å². The molecule has 0 fully saturated rings. The summed E-state index contributed by atoms with van der Waals surface area (Å²) in [6.07, 6.45) is 0.726. The average Bonchev–Trinajstić information content (AvgIpc) is 2.62. The van der Waals surface area contributed by atoms with E-state index in [4.69, 9.17) is 11.6 Å². The lowest BCUT2D eigenvalue weighted by Crippen LogP contribution is -2.09. The number of aryl methyl sites for hydroxylation is 1. The molecule has 3 aromatic rings. The Hall–Kier alpha value is -2.80. The number of nitrogens with one attached hydrogen (secondary N) is 2. The van der Waals surface area contributed by atoms with E-state index in [0.717, 1.165) is 24.1 Å². The van der Waals surface area contributed by atoms with Gasteiger partial charge in [0.2, 0.25) is 5.95 Å². The number of hydrogen-bond acceptors (Lipinski definition) is 4. The summed E-state index contributed by atoms with van der Waals surface area (Å²) in [6, 6.07) is 11.2. The Kier molecular flexibility index (Phi) is 5.81. The highest BCUT2D eigenvalue weighted by molar-refractivity contribution is 6.30. The van der Waals surface area contributed by atoms with Crippen LogP contribution >= 0.6 is 11.6 Å². The summed E-state index contributed by atoms with van der Waals surface area (Å²) in [4.78, 5) is 8.37. The molecule has 0 bridgehead atoms. The fraction of sp³-hybridized carbons (Fsp3) is 0.158. The van der Waals surface area contributed by atoms with Gasteiger partial charge in [0.15, 0.2) is 17.5 Å². The Morgan fingerprint density at radius 1 is 1.00 bits per heavy atom. The van der Waals surface area contributed by atoms with Crippen LogP contribution in [0.15, 0.2) is 42.5 Å². The van der Waals surface area contributed by atoms with E-state index >= 15 is 0 Å². The average molecular weight is 393 g/mol. The van der Waals surface area contributed by atoms with Crippen molar-refractivity contribution in [2.45, 2.75) is 13.3 Å². The van der Waals surface area contributed by atoms with Gasteiger partial charge in [-0.3, -0.25) is 0 Å². The predicted molar refractivity (Wildman–Crippen MR) is 100 cm³/mol. The highest BCUT2D eigenvalue weighted by atomic mass is 35.5. The Morgan fingerprint density at radius 2 is 1.81 bits per heavy atom. The molecule has 0 aliphatic carbocycles. The normalized spacial score (nSPS) is 10.7. The first kappa shape index (κ1) is 19.0. The SMILES string of the molecule is Cc1cc(NCCc2cccc(Cl)c2)nc(Nc2ccc(F)c(F)c2F)n1. The van der Waals surface area contributed by atoms with E-state index in [0.29, 0.717) is 23.1 Å². The van der Waals surface area contributed by atoms with Gasteiger partial charge in [-0.15, -0.1) is 0 Å². The molecule has 0 saturated carbocycles. The molecule has 8 heteroatoms. The van der Waals surface area contributed by atoms with E-state index in [1.165, 1.54) is 0 Å². The van der Waals surface area contributed by atoms with Gasteiger partial charge in [0, 0.05) is 23.3 Å². The molecule has 2 N–H and O–H groups in total. The zero-order chi connectivity index (χ0) is 19.4. The summed E-state index contributed by atoms with van der Waals surface area (Å²) in [6.45, 7) is 2.34. The minimum absolute atomic E-state index is 0.0742. The van der Waals surface area contributed by atoms with Gasteiger partial charge in [-0.05, 0) is 43.2 Å². The van der Waals surface area contributed by atoms with Crippen molar-refractivity contribution >= 4 is 29.1 Å². The molecule has 140 valence electrons. The smallest absolute Gasteiger partial charge is 0.229 e. The molecular weight excluding hydrogens is 377 g/mol. The topological polar surface area (TPSA) is 49.8 Å². The molecule has 0 amide bonds. The van der Waals surface area contributed by atoms with E-state index in [-0.39, 0.29) is 11.6 Å². The minimum atomic E-state index is -1.55. The summed E-state index contributed by atoms with van der Waals surface area (Å²) in [5, 5.41) is 6.40. The number of anilines is 3. The lowest BCUT2D eigenvalue weighted by molar-refractivity contribution is 0.449. The third-order valence-electron chi connectivity index (χ3n) is 3.74. The van der Waals surface area contributed by atoms with Crippen LogP contribution in [-0.2, 0) is 6.42 Å². The van der Waals surface area contributed by atoms with Gasteiger partial charge in [0.25, 0.3) is 0 Å². The van der Waals surface area contributed by atoms with Crippen LogP contribution in [0, 0.1) is 24.4 Å². The zero-order valence-electron chi connectivity index (χ0n) is 14.4. The number of halogens is 4. The monoisotopic (exact) mass is 392 g/mol. The van der Waals surface area contributed by atoms with E-state index in [1.54, 1.807) is 13.0 Å². The Balaban J connectivity index is 1.70. The number of benzene rings is 2. The van der Waals surface area contributed by atoms with Gasteiger partial charge in [-0.2, -0.15) is 4.98 Å². The molecule has 0 atom stereocenters. The van der Waals surface area contributed by atoms with Crippen molar-refractivity contribution in [3.05, 3.63) is 76.2 Å². The van der Waals surface area contributed by atoms with Crippen LogP contribution in [0.1, 0.15) is 11.3 Å². The minimum Gasteiger partial charge on any atom is -0.370 e. The van der Waals surface area contributed by atoms with Gasteiger partial charge >= 0.3 is 0 Å². The Labute approximate surface area is 159 Å². The highest BCUT2D eigenvalue weighted by Gasteiger charge is 2.14. The summed E-state index contributed by atoms with van der Waals surface area (Å²) < 4.78 is 40.2. The van der Waals surface area contributed by atoms with Gasteiger partial charge in [-0.1, -0.05) is 23.7 Å². The van der Waals surface area contributed by atoms with Gasteiger partial charge in [-0.25, -0.2) is 18.2 Å². The zero-order valence-corrected chi connectivity index (χ0v) is 15.1. The first-order valence-corrected chi connectivity index (χ1v) is 8.54. The maximum atomic E-state index is 13.8. The Morgan fingerprint density at radius 3 is 2.59 bits per heavy atom. The number of rotatable bonds is 6. The number of nitrogens with zero attached hydrogens (tertiary/aromatic N) is 2. The fourth-order valence-electron chi connectivity index (χ4n) is 2.49. The van der Waals surface area contributed by atoms with Gasteiger partial charge < -0.3 is 10.6 Å².